The Bertz CT molecular complexity index is 890. The molecule has 1 N–H and O–H groups in total. The van der Waals surface area contributed by atoms with Crippen molar-refractivity contribution in [1.82, 2.24) is 9.62 Å². The second-order valence-corrected chi connectivity index (χ2v) is 8.24. The van der Waals surface area contributed by atoms with E-state index in [4.69, 9.17) is 21.1 Å². The zero-order valence-electron chi connectivity index (χ0n) is 15.7. The Kier molecular flexibility index (Phi) is 8.25. The molecule has 1 amide bonds. The van der Waals surface area contributed by atoms with Gasteiger partial charge in [-0.3, -0.25) is 4.79 Å². The number of sulfonamides is 1. The summed E-state index contributed by atoms with van der Waals surface area (Å²) in [4.78, 5) is 12.2. The first-order valence-electron chi connectivity index (χ1n) is 8.51. The van der Waals surface area contributed by atoms with Crippen molar-refractivity contribution >= 4 is 27.5 Å². The normalized spacial score (nSPS) is 11.4. The number of nitrogens with zero attached hydrogens (tertiary/aromatic N) is 1. The Morgan fingerprint density at radius 2 is 1.86 bits per heavy atom. The third kappa shape index (κ3) is 5.93. The van der Waals surface area contributed by atoms with Crippen molar-refractivity contribution in [2.45, 2.75) is 11.4 Å². The SMILES string of the molecule is COCCNC(=O)CN(Cc1ccccc1)S(=O)(=O)c1ccc(OC)c(Cl)c1. The first-order chi connectivity index (χ1) is 13.4. The van der Waals surface area contributed by atoms with Gasteiger partial charge in [0.05, 0.1) is 30.2 Å². The number of rotatable bonds is 10. The fraction of sp³-hybridized carbons (Fsp3) is 0.316. The molecule has 0 saturated carbocycles. The monoisotopic (exact) mass is 426 g/mol. The molecule has 0 unspecified atom stereocenters. The first-order valence-corrected chi connectivity index (χ1v) is 10.3. The van der Waals surface area contributed by atoms with E-state index in [-0.39, 0.29) is 23.0 Å². The Labute approximate surface area is 170 Å². The van der Waals surface area contributed by atoms with Gasteiger partial charge >= 0.3 is 0 Å². The average molecular weight is 427 g/mol. The summed E-state index contributed by atoms with van der Waals surface area (Å²) in [5, 5.41) is 2.81. The largest absolute Gasteiger partial charge is 0.495 e. The zero-order valence-corrected chi connectivity index (χ0v) is 17.3. The van der Waals surface area contributed by atoms with Gasteiger partial charge in [0.2, 0.25) is 15.9 Å². The van der Waals surface area contributed by atoms with Crippen LogP contribution in [0.3, 0.4) is 0 Å². The highest BCUT2D eigenvalue weighted by Crippen LogP contribution is 2.28. The summed E-state index contributed by atoms with van der Waals surface area (Å²) in [6.45, 7) is 0.350. The summed E-state index contributed by atoms with van der Waals surface area (Å²) in [6.07, 6.45) is 0. The van der Waals surface area contributed by atoms with Gasteiger partial charge < -0.3 is 14.8 Å². The van der Waals surface area contributed by atoms with Gasteiger partial charge in [-0.15, -0.1) is 0 Å². The molecular weight excluding hydrogens is 404 g/mol. The number of amides is 1. The van der Waals surface area contributed by atoms with Crippen LogP contribution in [0.15, 0.2) is 53.4 Å². The molecule has 0 spiro atoms. The maximum absolute atomic E-state index is 13.2. The van der Waals surface area contributed by atoms with E-state index in [2.05, 4.69) is 5.32 Å². The van der Waals surface area contributed by atoms with Crippen molar-refractivity contribution in [3.63, 3.8) is 0 Å². The summed E-state index contributed by atoms with van der Waals surface area (Å²) in [7, 11) is -1.01. The molecule has 0 atom stereocenters. The summed E-state index contributed by atoms with van der Waals surface area (Å²) >= 11 is 6.09. The molecule has 0 radical (unpaired) electrons. The molecular formula is C19H23ClN2O5S. The number of hydrogen-bond acceptors (Lipinski definition) is 5. The Morgan fingerprint density at radius 1 is 1.14 bits per heavy atom. The summed E-state index contributed by atoms with van der Waals surface area (Å²) in [6, 6.07) is 13.2. The highest BCUT2D eigenvalue weighted by molar-refractivity contribution is 7.89. The Hall–Kier alpha value is -2.13. The molecule has 0 fully saturated rings. The molecule has 2 aromatic carbocycles. The van der Waals surface area contributed by atoms with E-state index < -0.39 is 15.9 Å². The number of halogens is 1. The van der Waals surface area contributed by atoms with Crippen LogP contribution in [0.25, 0.3) is 0 Å². The molecule has 2 rings (SSSR count). The maximum atomic E-state index is 13.2. The van der Waals surface area contributed by atoms with Gasteiger partial charge in [0.15, 0.2) is 0 Å². The van der Waals surface area contributed by atoms with Crippen molar-refractivity contribution in [3.8, 4) is 5.75 Å². The van der Waals surface area contributed by atoms with Crippen LogP contribution < -0.4 is 10.1 Å². The van der Waals surface area contributed by atoms with E-state index in [9.17, 15) is 13.2 Å². The van der Waals surface area contributed by atoms with Crippen LogP contribution in [0.2, 0.25) is 5.02 Å². The second kappa shape index (κ2) is 10.4. The van der Waals surface area contributed by atoms with Crippen LogP contribution in [0.4, 0.5) is 0 Å². The molecule has 9 heteroatoms. The molecule has 0 aliphatic rings. The van der Waals surface area contributed by atoms with Gasteiger partial charge in [0, 0.05) is 20.2 Å². The molecule has 2 aromatic rings. The van der Waals surface area contributed by atoms with Crippen molar-refractivity contribution in [2.75, 3.05) is 33.9 Å². The number of nitrogens with one attached hydrogen (secondary N) is 1. The van der Waals surface area contributed by atoms with Gasteiger partial charge in [-0.05, 0) is 23.8 Å². The molecule has 7 nitrogen and oxygen atoms in total. The summed E-state index contributed by atoms with van der Waals surface area (Å²) in [5.41, 5.74) is 0.760. The van der Waals surface area contributed by atoms with E-state index in [1.165, 1.54) is 32.4 Å². The van der Waals surface area contributed by atoms with Crippen molar-refractivity contribution in [1.29, 1.82) is 0 Å². The minimum Gasteiger partial charge on any atom is -0.495 e. The number of carbonyl (C=O) groups is 1. The van der Waals surface area contributed by atoms with Crippen LogP contribution in [-0.2, 0) is 26.1 Å². The first kappa shape index (κ1) is 22.2. The Morgan fingerprint density at radius 3 is 2.46 bits per heavy atom. The number of benzene rings is 2. The van der Waals surface area contributed by atoms with Gasteiger partial charge in [-0.1, -0.05) is 41.9 Å². The van der Waals surface area contributed by atoms with Crippen molar-refractivity contribution in [2.24, 2.45) is 0 Å². The van der Waals surface area contributed by atoms with Crippen LogP contribution >= 0.6 is 11.6 Å². The third-order valence-electron chi connectivity index (χ3n) is 3.91. The minimum absolute atomic E-state index is 0.0149. The van der Waals surface area contributed by atoms with E-state index in [1.807, 2.05) is 18.2 Å². The Balaban J connectivity index is 2.30. The summed E-state index contributed by atoms with van der Waals surface area (Å²) < 4.78 is 37.4. The fourth-order valence-electron chi connectivity index (χ4n) is 2.48. The fourth-order valence-corrected chi connectivity index (χ4v) is 4.21. The molecule has 0 aliphatic carbocycles. The molecule has 0 saturated heterocycles. The van der Waals surface area contributed by atoms with Gasteiger partial charge in [0.1, 0.15) is 5.75 Å². The zero-order chi connectivity index (χ0) is 20.6. The number of ether oxygens (including phenoxy) is 2. The van der Waals surface area contributed by atoms with Crippen LogP contribution in [-0.4, -0.2) is 52.5 Å². The van der Waals surface area contributed by atoms with Crippen LogP contribution in [0.5, 0.6) is 5.75 Å². The molecule has 28 heavy (non-hydrogen) atoms. The van der Waals surface area contributed by atoms with E-state index >= 15 is 0 Å². The average Bonchev–Trinajstić information content (AvgIpc) is 2.68. The van der Waals surface area contributed by atoms with Gasteiger partial charge in [0.25, 0.3) is 0 Å². The molecule has 0 bridgehead atoms. The van der Waals surface area contributed by atoms with Crippen molar-refractivity contribution < 1.29 is 22.7 Å². The van der Waals surface area contributed by atoms with Gasteiger partial charge in [-0.25, -0.2) is 8.42 Å². The van der Waals surface area contributed by atoms with Gasteiger partial charge in [-0.2, -0.15) is 4.31 Å². The highest BCUT2D eigenvalue weighted by Gasteiger charge is 2.27. The topological polar surface area (TPSA) is 84.9 Å². The predicted octanol–water partition coefficient (Wildman–Crippen LogP) is 2.30. The maximum Gasteiger partial charge on any atom is 0.243 e. The molecule has 0 aliphatic heterocycles. The lowest BCUT2D eigenvalue weighted by molar-refractivity contribution is -0.121. The lowest BCUT2D eigenvalue weighted by Gasteiger charge is -2.22. The van der Waals surface area contributed by atoms with E-state index in [1.54, 1.807) is 12.1 Å². The predicted molar refractivity (Wildman–Crippen MR) is 107 cm³/mol. The number of methoxy groups -OCH3 is 2. The lowest BCUT2D eigenvalue weighted by atomic mass is 10.2. The van der Waals surface area contributed by atoms with E-state index in [0.29, 0.717) is 18.9 Å². The second-order valence-electron chi connectivity index (χ2n) is 5.90. The summed E-state index contributed by atoms with van der Waals surface area (Å²) in [5.74, 6) is -0.0521. The molecule has 0 aromatic heterocycles. The van der Waals surface area contributed by atoms with E-state index in [0.717, 1.165) is 9.87 Å². The smallest absolute Gasteiger partial charge is 0.243 e. The third-order valence-corrected chi connectivity index (χ3v) is 5.99. The quantitative estimate of drug-likeness (QED) is 0.589. The highest BCUT2D eigenvalue weighted by atomic mass is 35.5. The van der Waals surface area contributed by atoms with Crippen molar-refractivity contribution in [3.05, 3.63) is 59.1 Å². The molecule has 152 valence electrons. The minimum atomic E-state index is -3.97. The number of carbonyl (C=O) groups excluding carboxylic acids is 1. The van der Waals surface area contributed by atoms with Crippen LogP contribution in [0, 0.1) is 0 Å². The lowest BCUT2D eigenvalue weighted by Crippen LogP contribution is -2.41. The standard InChI is InChI=1S/C19H23ClN2O5S/c1-26-11-10-21-19(23)14-22(13-15-6-4-3-5-7-15)28(24,25)16-8-9-18(27-2)17(20)12-16/h3-9,12H,10-11,13-14H2,1-2H3,(H,21,23). The van der Waals surface area contributed by atoms with Crippen LogP contribution in [0.1, 0.15) is 5.56 Å². The number of hydrogen-bond donors (Lipinski definition) is 1. The molecule has 0 heterocycles.